The van der Waals surface area contributed by atoms with Gasteiger partial charge in [0.15, 0.2) is 0 Å². The summed E-state index contributed by atoms with van der Waals surface area (Å²) in [5.41, 5.74) is 0. The molecule has 0 N–H and O–H groups in total. The van der Waals surface area contributed by atoms with Crippen LogP contribution in [-0.2, 0) is 0 Å². The van der Waals surface area contributed by atoms with Crippen LogP contribution in [0.25, 0.3) is 0 Å². The molecule has 0 amide bonds. The highest BCUT2D eigenvalue weighted by Gasteiger charge is 2.22. The second-order valence-electron chi connectivity index (χ2n) is 5.74. The maximum absolute atomic E-state index is 6.50. The highest BCUT2D eigenvalue weighted by Crippen LogP contribution is 2.21. The molecule has 0 saturated carbocycles. The van der Waals surface area contributed by atoms with Crippen LogP contribution in [0.15, 0.2) is 0 Å². The number of likely N-dealkylation sites (tertiary alicyclic amines) is 1. The average molecular weight is 266 g/mol. The zero-order chi connectivity index (χ0) is 14.3. The molecule has 0 radical (unpaired) electrons. The van der Waals surface area contributed by atoms with Crippen molar-refractivity contribution in [3.63, 3.8) is 0 Å². The van der Waals surface area contributed by atoms with E-state index in [-0.39, 0.29) is 0 Å². The molecule has 1 aliphatic rings. The molecule has 2 nitrogen and oxygen atoms in total. The number of nitriles is 1. The Morgan fingerprint density at radius 1 is 0.947 bits per heavy atom. The second kappa shape index (κ2) is 13.9. The van der Waals surface area contributed by atoms with Crippen LogP contribution in [0.3, 0.4) is 0 Å². The van der Waals surface area contributed by atoms with E-state index >= 15 is 0 Å². The van der Waals surface area contributed by atoms with Gasteiger partial charge in [-0.05, 0) is 38.8 Å². The van der Waals surface area contributed by atoms with Gasteiger partial charge in [0.1, 0.15) is 0 Å². The van der Waals surface area contributed by atoms with Crippen molar-refractivity contribution in [1.29, 1.82) is 5.26 Å². The predicted octanol–water partition coefficient (Wildman–Crippen LogP) is 5.14. The van der Waals surface area contributed by atoms with Gasteiger partial charge >= 0.3 is 0 Å². The average Bonchev–Trinajstić information content (AvgIpc) is 2.88. The third-order valence-electron chi connectivity index (χ3n) is 4.17. The van der Waals surface area contributed by atoms with E-state index in [4.69, 9.17) is 5.26 Å². The number of nitrogens with zero attached hydrogens (tertiary/aromatic N) is 2. The minimum atomic E-state index is 0.931. The lowest BCUT2D eigenvalue weighted by molar-refractivity contribution is 0.236. The van der Waals surface area contributed by atoms with Gasteiger partial charge in [-0.3, -0.25) is 0 Å². The Bertz CT molecular complexity index is 201. The van der Waals surface area contributed by atoms with Crippen molar-refractivity contribution in [3.8, 4) is 6.57 Å². The van der Waals surface area contributed by atoms with E-state index in [0.717, 1.165) is 6.04 Å². The summed E-state index contributed by atoms with van der Waals surface area (Å²) in [5, 5.41) is 6.50. The van der Waals surface area contributed by atoms with Gasteiger partial charge in [0.2, 0.25) is 0 Å². The van der Waals surface area contributed by atoms with Crippen LogP contribution in [0.1, 0.15) is 84.5 Å². The first-order valence-corrected chi connectivity index (χ1v) is 8.38. The predicted molar refractivity (Wildman–Crippen MR) is 84.2 cm³/mol. The van der Waals surface area contributed by atoms with E-state index in [0.29, 0.717) is 0 Å². The van der Waals surface area contributed by atoms with E-state index in [1.165, 1.54) is 83.7 Å². The normalized spacial score (nSPS) is 19.1. The Labute approximate surface area is 121 Å². The van der Waals surface area contributed by atoms with Gasteiger partial charge in [0, 0.05) is 12.6 Å². The Kier molecular flexibility index (Phi) is 13.5. The van der Waals surface area contributed by atoms with Crippen LogP contribution < -0.4 is 0 Å². The minimum absolute atomic E-state index is 0.931. The summed E-state index contributed by atoms with van der Waals surface area (Å²) in [6, 6.07) is 0.931. The fourth-order valence-electron chi connectivity index (χ4n) is 3.12. The van der Waals surface area contributed by atoms with E-state index in [1.54, 1.807) is 0 Å². The minimum Gasteiger partial charge on any atom is -0.300 e. The number of hydrogen-bond acceptors (Lipinski definition) is 2. The molecule has 1 aliphatic heterocycles. The van der Waals surface area contributed by atoms with Crippen molar-refractivity contribution in [2.24, 2.45) is 0 Å². The molecule has 19 heavy (non-hydrogen) atoms. The zero-order valence-electron chi connectivity index (χ0n) is 13.2. The molecular formula is C17H34N2. The monoisotopic (exact) mass is 266 g/mol. The molecule has 0 spiro atoms. The first-order chi connectivity index (χ1) is 9.38. The third-order valence-corrected chi connectivity index (χ3v) is 4.17. The summed E-state index contributed by atoms with van der Waals surface area (Å²) in [6.45, 7) is 10.9. The SMILES string of the molecule is C#N.CCCCCCCCCN1CCCC1CCC. The quantitative estimate of drug-likeness (QED) is 0.512. The Morgan fingerprint density at radius 3 is 2.21 bits per heavy atom. The summed E-state index contributed by atoms with van der Waals surface area (Å²) in [7, 11) is 0. The van der Waals surface area contributed by atoms with Crippen molar-refractivity contribution in [2.45, 2.75) is 90.5 Å². The first-order valence-electron chi connectivity index (χ1n) is 8.38. The zero-order valence-corrected chi connectivity index (χ0v) is 13.2. The van der Waals surface area contributed by atoms with E-state index in [1.807, 2.05) is 0 Å². The molecule has 0 aromatic carbocycles. The van der Waals surface area contributed by atoms with E-state index in [2.05, 4.69) is 25.3 Å². The van der Waals surface area contributed by atoms with Gasteiger partial charge in [-0.25, -0.2) is 5.26 Å². The second-order valence-corrected chi connectivity index (χ2v) is 5.74. The van der Waals surface area contributed by atoms with Crippen LogP contribution >= 0.6 is 0 Å². The third kappa shape index (κ3) is 9.05. The molecule has 0 bridgehead atoms. The first kappa shape index (κ1) is 18.4. The summed E-state index contributed by atoms with van der Waals surface area (Å²) in [5.74, 6) is 0. The maximum Gasteiger partial charge on any atom is 0.0462 e. The largest absolute Gasteiger partial charge is 0.300 e. The van der Waals surface area contributed by atoms with Gasteiger partial charge in [-0.15, -0.1) is 0 Å². The molecule has 1 unspecified atom stereocenters. The van der Waals surface area contributed by atoms with Crippen molar-refractivity contribution in [1.82, 2.24) is 4.90 Å². The molecule has 1 atom stereocenters. The van der Waals surface area contributed by atoms with Crippen molar-refractivity contribution >= 4 is 0 Å². The van der Waals surface area contributed by atoms with Gasteiger partial charge in [0.25, 0.3) is 0 Å². The molecule has 0 aromatic rings. The molecule has 2 heteroatoms. The number of rotatable bonds is 10. The van der Waals surface area contributed by atoms with E-state index in [9.17, 15) is 0 Å². The smallest absolute Gasteiger partial charge is 0.0462 e. The Hall–Kier alpha value is -0.550. The van der Waals surface area contributed by atoms with Gasteiger partial charge < -0.3 is 4.90 Å². The fraction of sp³-hybridized carbons (Fsp3) is 0.941. The van der Waals surface area contributed by atoms with Crippen LogP contribution in [0, 0.1) is 11.8 Å². The summed E-state index contributed by atoms with van der Waals surface area (Å²) < 4.78 is 0. The van der Waals surface area contributed by atoms with Crippen LogP contribution in [0.4, 0.5) is 0 Å². The van der Waals surface area contributed by atoms with Crippen LogP contribution in [0.5, 0.6) is 0 Å². The highest BCUT2D eigenvalue weighted by atomic mass is 15.2. The molecule has 1 rings (SSSR count). The molecule has 112 valence electrons. The topological polar surface area (TPSA) is 27.0 Å². The van der Waals surface area contributed by atoms with Gasteiger partial charge in [-0.2, -0.15) is 0 Å². The Balaban J connectivity index is 0.00000154. The van der Waals surface area contributed by atoms with Crippen LogP contribution in [0.2, 0.25) is 0 Å². The van der Waals surface area contributed by atoms with Crippen molar-refractivity contribution < 1.29 is 0 Å². The molecule has 0 aliphatic carbocycles. The van der Waals surface area contributed by atoms with Gasteiger partial charge in [0.05, 0.1) is 0 Å². The number of unbranched alkanes of at least 4 members (excludes halogenated alkanes) is 6. The molecular weight excluding hydrogens is 232 g/mol. The maximum atomic E-state index is 6.50. The lowest BCUT2D eigenvalue weighted by atomic mass is 10.1. The summed E-state index contributed by atoms with van der Waals surface area (Å²) in [4.78, 5) is 2.76. The standard InChI is InChI=1S/C16H33N.CHN/c1-3-5-6-7-8-9-10-14-17-15-11-13-16(17)12-4-2;1-2/h16H,3-15H2,1-2H3;1H. The molecule has 0 aromatic heterocycles. The van der Waals surface area contributed by atoms with Crippen molar-refractivity contribution in [3.05, 3.63) is 0 Å². The lowest BCUT2D eigenvalue weighted by Crippen LogP contribution is -2.30. The fourth-order valence-corrected chi connectivity index (χ4v) is 3.12. The number of hydrogen-bond donors (Lipinski definition) is 0. The summed E-state index contributed by atoms with van der Waals surface area (Å²) in [6.07, 6.45) is 15.8. The molecule has 1 heterocycles. The van der Waals surface area contributed by atoms with Gasteiger partial charge in [-0.1, -0.05) is 58.8 Å². The summed E-state index contributed by atoms with van der Waals surface area (Å²) >= 11 is 0. The lowest BCUT2D eigenvalue weighted by Gasteiger charge is -2.23. The molecule has 1 fully saturated rings. The van der Waals surface area contributed by atoms with Crippen molar-refractivity contribution in [2.75, 3.05) is 13.1 Å². The highest BCUT2D eigenvalue weighted by molar-refractivity contribution is 4.78. The van der Waals surface area contributed by atoms with Crippen LogP contribution in [-0.4, -0.2) is 24.0 Å². The van der Waals surface area contributed by atoms with E-state index < -0.39 is 0 Å². The Morgan fingerprint density at radius 2 is 1.58 bits per heavy atom. The molecule has 1 saturated heterocycles.